The summed E-state index contributed by atoms with van der Waals surface area (Å²) in [5.74, 6) is -16.0. The molecule has 2 fully saturated rings. The molecule has 0 spiro atoms. The van der Waals surface area contributed by atoms with Gasteiger partial charge in [0.05, 0.1) is 41.3 Å². The van der Waals surface area contributed by atoms with Gasteiger partial charge in [-0.3, -0.25) is 33.6 Å². The zero-order chi connectivity index (χ0) is 73.5. The molecular weight excluding hydrogens is 1370 g/mol. The number of halogens is 2. The number of aliphatic hydroxyl groups excluding tert-OH is 6. The number of aromatic hydroxyl groups is 3. The summed E-state index contributed by atoms with van der Waals surface area (Å²) in [7, 11) is 1.47. The van der Waals surface area contributed by atoms with Crippen molar-refractivity contribution in [1.82, 2.24) is 37.2 Å². The van der Waals surface area contributed by atoms with Crippen molar-refractivity contribution in [2.75, 3.05) is 13.7 Å². The van der Waals surface area contributed by atoms with Crippen LogP contribution in [-0.4, -0.2) is 191 Å². The molecule has 0 radical (unpaired) electrons. The normalized spacial score (nSPS) is 29.4. The lowest BCUT2D eigenvalue weighted by Gasteiger charge is -2.44. The van der Waals surface area contributed by atoms with E-state index in [0.717, 1.165) is 54.6 Å². The minimum Gasteiger partial charge on any atom is -0.508 e. The SMILES string of the molecule is CN[C@H](CC(C)C)C(=O)N[C@H]1C(=O)N[C@@H](CC(N)=O)C(=O)N[C@H]2C(=O)N[C@H]3C(=O)N[C@H](C(=O)N[C@H](C(=O)O)c4cc(O)cc(O)c4-c4cc3ccc4O)[C@H](O[C@H]3C[C@](C)(N)[C@@H](O)[C@H](C)O3)c3ccc(c(Cl)c3)Oc3cc2cc(c3O[C@@H]2O[C@H](CO)[C@@H](O)[C@H](O)[C@H]2O)Oc2ccc(cc2Cl)[C@H]1O. The van der Waals surface area contributed by atoms with E-state index in [-0.39, 0.29) is 52.0 Å². The number of phenolic OH excluding ortho intramolecular Hbond substituents is 3. The molecule has 21 N–H and O–H groups in total. The number of primary amides is 1. The first-order chi connectivity index (χ1) is 47.7. The quantitative estimate of drug-likeness (QED) is 0.0743. The fourth-order valence-electron chi connectivity index (χ4n) is 12.5. The van der Waals surface area contributed by atoms with Crippen molar-refractivity contribution in [2.45, 2.75) is 156 Å². The van der Waals surface area contributed by atoms with Crippen LogP contribution in [0.5, 0.6) is 46.0 Å². The molecular formula is C66H75Cl2N9O24. The Bertz CT molecular complexity index is 4070. The van der Waals surface area contributed by atoms with Gasteiger partial charge in [0.25, 0.3) is 0 Å². The molecule has 35 heteroatoms. The summed E-state index contributed by atoms with van der Waals surface area (Å²) in [6.45, 7) is 5.60. The highest BCUT2D eigenvalue weighted by molar-refractivity contribution is 6.32. The summed E-state index contributed by atoms with van der Waals surface area (Å²) in [4.78, 5) is 118. The van der Waals surface area contributed by atoms with Gasteiger partial charge in [0.15, 0.2) is 23.8 Å². The Hall–Kier alpha value is -9.20. The number of phenols is 3. The molecule has 0 saturated carbocycles. The van der Waals surface area contributed by atoms with Gasteiger partial charge >= 0.3 is 5.97 Å². The van der Waals surface area contributed by atoms with E-state index >= 15 is 19.2 Å². The average Bonchev–Trinajstić information content (AvgIpc) is 0.770. The highest BCUT2D eigenvalue weighted by atomic mass is 35.5. The Kier molecular flexibility index (Phi) is 22.2. The van der Waals surface area contributed by atoms with Crippen LogP contribution in [0.2, 0.25) is 10.0 Å². The van der Waals surface area contributed by atoms with Gasteiger partial charge in [-0.15, -0.1) is 0 Å². The zero-order valence-corrected chi connectivity index (χ0v) is 55.8. The molecule has 18 atom stereocenters. The first kappa shape index (κ1) is 74.5. The summed E-state index contributed by atoms with van der Waals surface area (Å²) in [5.41, 5.74) is 8.15. The number of rotatable bonds is 13. The van der Waals surface area contributed by atoms with Gasteiger partial charge in [-0.05, 0) is 110 Å². The van der Waals surface area contributed by atoms with E-state index in [0.29, 0.717) is 0 Å². The van der Waals surface area contributed by atoms with Crippen molar-refractivity contribution in [3.05, 3.63) is 117 Å². The first-order valence-corrected chi connectivity index (χ1v) is 32.4. The molecule has 2 saturated heterocycles. The molecule has 5 aromatic carbocycles. The van der Waals surface area contributed by atoms with E-state index in [2.05, 4.69) is 37.2 Å². The van der Waals surface area contributed by atoms with Crippen LogP contribution in [0.25, 0.3) is 11.1 Å². The van der Waals surface area contributed by atoms with Gasteiger partial charge in [-0.2, -0.15) is 0 Å². The largest absolute Gasteiger partial charge is 0.508 e. The van der Waals surface area contributed by atoms with E-state index < -0.39 is 231 Å². The fraction of sp³-hybridized carbons (Fsp3) is 0.424. The number of ether oxygens (including phenoxy) is 6. The minimum atomic E-state index is -2.35. The lowest BCUT2D eigenvalue weighted by Crippen LogP contribution is -2.61. The van der Waals surface area contributed by atoms with Crippen LogP contribution in [-0.2, 0) is 52.6 Å². The van der Waals surface area contributed by atoms with Crippen molar-refractivity contribution in [2.24, 2.45) is 17.4 Å². The third-order valence-corrected chi connectivity index (χ3v) is 18.4. The third kappa shape index (κ3) is 15.8. The van der Waals surface area contributed by atoms with Gasteiger partial charge in [0.2, 0.25) is 53.4 Å². The number of likely N-dealkylation sites (N-methyl/N-ethyl adjacent to an activating group) is 1. The Morgan fingerprint density at radius 2 is 1.33 bits per heavy atom. The number of aliphatic hydroxyl groups is 6. The number of amides is 7. The molecule has 7 aliphatic heterocycles. The third-order valence-electron chi connectivity index (χ3n) is 17.8. The molecule has 0 aromatic heterocycles. The molecule has 11 bridgehead atoms. The molecule has 12 rings (SSSR count). The van der Waals surface area contributed by atoms with Crippen LogP contribution < -0.4 is 62.9 Å². The first-order valence-electron chi connectivity index (χ1n) is 31.6. The lowest BCUT2D eigenvalue weighted by molar-refractivity contribution is -0.277. The van der Waals surface area contributed by atoms with E-state index in [1.54, 1.807) is 0 Å². The smallest absolute Gasteiger partial charge is 0.330 e. The van der Waals surface area contributed by atoms with Crippen molar-refractivity contribution in [1.29, 1.82) is 0 Å². The molecule has 33 nitrogen and oxygen atoms in total. The van der Waals surface area contributed by atoms with Crippen LogP contribution >= 0.6 is 23.2 Å². The summed E-state index contributed by atoms with van der Waals surface area (Å²) in [6.07, 6.45) is -19.0. The van der Waals surface area contributed by atoms with Crippen LogP contribution in [0.1, 0.15) is 105 Å². The zero-order valence-electron chi connectivity index (χ0n) is 54.3. The number of carboxylic acids is 1. The van der Waals surface area contributed by atoms with E-state index in [9.17, 15) is 70.2 Å². The van der Waals surface area contributed by atoms with Gasteiger partial charge in [0.1, 0.15) is 95.6 Å². The van der Waals surface area contributed by atoms with E-state index in [1.165, 1.54) is 45.2 Å². The van der Waals surface area contributed by atoms with Crippen LogP contribution in [0, 0.1) is 5.92 Å². The Balaban J connectivity index is 1.26. The second-order valence-corrected chi connectivity index (χ2v) is 26.5. The fourth-order valence-corrected chi connectivity index (χ4v) is 12.9. The predicted octanol–water partition coefficient (Wildman–Crippen LogP) is 0.106. The van der Waals surface area contributed by atoms with Crippen LogP contribution in [0.15, 0.2) is 78.9 Å². The molecule has 7 aliphatic rings. The minimum absolute atomic E-state index is 0.0953. The molecule has 0 unspecified atom stereocenters. The maximum absolute atomic E-state index is 16.1. The highest BCUT2D eigenvalue weighted by Crippen LogP contribution is 2.50. The van der Waals surface area contributed by atoms with Crippen molar-refractivity contribution < 1.29 is 118 Å². The monoisotopic (exact) mass is 1450 g/mol. The van der Waals surface area contributed by atoms with Crippen LogP contribution in [0.4, 0.5) is 0 Å². The number of fused-ring (bicyclic) bond motifs is 15. The number of aliphatic carboxylic acids is 1. The summed E-state index contributed by atoms with van der Waals surface area (Å²) < 4.78 is 38.0. The molecule has 0 aliphatic carbocycles. The predicted molar refractivity (Wildman–Crippen MR) is 349 cm³/mol. The van der Waals surface area contributed by atoms with E-state index in [4.69, 9.17) is 63.1 Å². The number of nitrogens with two attached hydrogens (primary N) is 2. The number of carboxylic acid groups (broad SMARTS) is 1. The highest BCUT2D eigenvalue weighted by Gasteiger charge is 2.49. The summed E-state index contributed by atoms with van der Waals surface area (Å²) >= 11 is 14.2. The number of carbonyl (C=O) groups is 8. The number of hydrogen-bond acceptors (Lipinski definition) is 25. The molecule has 7 amide bonds. The second-order valence-electron chi connectivity index (χ2n) is 25.7. The number of benzene rings is 5. The molecule has 101 heavy (non-hydrogen) atoms. The summed E-state index contributed by atoms with van der Waals surface area (Å²) in [5, 5.41) is 129. The number of hydrogen-bond donors (Lipinski definition) is 19. The van der Waals surface area contributed by atoms with E-state index in [1.807, 2.05) is 13.8 Å². The van der Waals surface area contributed by atoms with Crippen LogP contribution in [0.3, 0.4) is 0 Å². The van der Waals surface area contributed by atoms with Gasteiger partial charge in [-0.1, -0.05) is 55.2 Å². The topological polar surface area (TPSA) is 530 Å². The lowest BCUT2D eigenvalue weighted by atomic mass is 9.86. The van der Waals surface area contributed by atoms with Gasteiger partial charge in [0, 0.05) is 34.7 Å². The Morgan fingerprint density at radius 1 is 0.713 bits per heavy atom. The van der Waals surface area contributed by atoms with Gasteiger partial charge < -0.3 is 128 Å². The molecule has 5 aromatic rings. The second kappa shape index (κ2) is 30.2. The van der Waals surface area contributed by atoms with Crippen molar-refractivity contribution in [3.8, 4) is 57.1 Å². The molecule has 7 heterocycles. The maximum Gasteiger partial charge on any atom is 0.330 e. The Morgan fingerprint density at radius 3 is 1.93 bits per heavy atom. The van der Waals surface area contributed by atoms with Crippen molar-refractivity contribution in [3.63, 3.8) is 0 Å². The number of nitrogens with one attached hydrogen (secondary N) is 7. The summed E-state index contributed by atoms with van der Waals surface area (Å²) in [6, 6.07) is -0.386. The van der Waals surface area contributed by atoms with Gasteiger partial charge in [-0.25, -0.2) is 4.79 Å². The standard InChI is InChI=1S/C66H75Cl2N9O24/c1-23(2)12-34(71-5)58(88)76-49-51(83)26-7-10-38(32(67)14-26)97-40-16-28-17-41(56(40)101-65-54(86)53(85)52(84)42(22-78)99-65)98-39-11-8-27(15-33(39)68)55(100-44-21-66(4,70)57(87)24(3)96-44)50-63(93)75-48(64(94)95)31-18-29(79)19-37(81)45(31)30-13-25(6-9-36(30)80)46(60(90)77-50)74-61(91)47(28)73-59(89)35(20-43(69)82)72-62(49)92/h6-11,13-19,23-24,34-35,42,44,46-55,57,65,71,78-81,83-87H,12,20-22,70H2,1-5H3,(H2,69,82)(H,72,92)(H,73,89)(H,74,91)(H,75,93)(H,76,88)(H,77,90)(H,94,95)/t24-,34+,35-,42+,44-,46+,47+,48-,49+,50-,51+,52+,53-,54+,55+,57-,65-,66-/m0/s1. The Labute approximate surface area is 584 Å². The number of carbonyl (C=O) groups excluding carboxylic acids is 7. The maximum atomic E-state index is 16.1. The molecule has 542 valence electrons. The average molecular weight is 1450 g/mol. The van der Waals surface area contributed by atoms with Crippen molar-refractivity contribution >= 4 is 70.5 Å².